The fraction of sp³-hybridized carbons (Fsp3) is 0.481. The fourth-order valence-corrected chi connectivity index (χ4v) is 5.01. The minimum Gasteiger partial charge on any atom is -0.497 e. The number of amides is 2. The van der Waals surface area contributed by atoms with E-state index < -0.39 is 16.1 Å². The molecule has 198 valence electrons. The van der Waals surface area contributed by atoms with Gasteiger partial charge in [0.1, 0.15) is 11.8 Å². The lowest BCUT2D eigenvalue weighted by Crippen LogP contribution is -2.50. The Morgan fingerprint density at radius 1 is 1.08 bits per heavy atom. The van der Waals surface area contributed by atoms with Gasteiger partial charge in [0.2, 0.25) is 21.8 Å². The van der Waals surface area contributed by atoms with Gasteiger partial charge in [0.15, 0.2) is 0 Å². The number of aryl methyl sites for hydroxylation is 1. The molecule has 0 aliphatic rings. The number of rotatable bonds is 13. The van der Waals surface area contributed by atoms with Gasteiger partial charge < -0.3 is 15.0 Å². The minimum absolute atomic E-state index is 0.0574. The number of hydrogen-bond donors (Lipinski definition) is 1. The maximum absolute atomic E-state index is 13.5. The van der Waals surface area contributed by atoms with E-state index in [0.717, 1.165) is 17.4 Å². The lowest BCUT2D eigenvalue weighted by Gasteiger charge is -2.31. The molecule has 2 aromatic rings. The van der Waals surface area contributed by atoms with E-state index in [4.69, 9.17) is 4.74 Å². The van der Waals surface area contributed by atoms with Crippen molar-refractivity contribution < 1.29 is 22.7 Å². The van der Waals surface area contributed by atoms with Crippen molar-refractivity contribution in [3.8, 4) is 5.75 Å². The van der Waals surface area contributed by atoms with Gasteiger partial charge in [-0.3, -0.25) is 13.9 Å². The molecule has 0 saturated carbocycles. The van der Waals surface area contributed by atoms with Crippen LogP contribution in [0.2, 0.25) is 0 Å². The zero-order valence-electron chi connectivity index (χ0n) is 22.2. The molecule has 0 aliphatic carbocycles. The second-order valence-electron chi connectivity index (χ2n) is 9.24. The van der Waals surface area contributed by atoms with Gasteiger partial charge in [0, 0.05) is 25.6 Å². The van der Waals surface area contributed by atoms with Crippen LogP contribution in [0.1, 0.15) is 51.2 Å². The zero-order valence-corrected chi connectivity index (χ0v) is 23.0. The van der Waals surface area contributed by atoms with Crippen LogP contribution in [0.3, 0.4) is 0 Å². The predicted octanol–water partition coefficient (Wildman–Crippen LogP) is 3.88. The van der Waals surface area contributed by atoms with Gasteiger partial charge in [0.25, 0.3) is 0 Å². The molecule has 0 saturated heterocycles. The van der Waals surface area contributed by atoms with Gasteiger partial charge in [0.05, 0.1) is 19.1 Å². The molecule has 2 amide bonds. The predicted molar refractivity (Wildman–Crippen MR) is 144 cm³/mol. The number of ether oxygens (including phenoxy) is 1. The van der Waals surface area contributed by atoms with Crippen LogP contribution < -0.4 is 14.4 Å². The van der Waals surface area contributed by atoms with Crippen molar-refractivity contribution in [3.05, 3.63) is 59.7 Å². The van der Waals surface area contributed by atoms with Gasteiger partial charge >= 0.3 is 0 Å². The Morgan fingerprint density at radius 3 is 2.36 bits per heavy atom. The highest BCUT2D eigenvalue weighted by atomic mass is 32.2. The van der Waals surface area contributed by atoms with E-state index in [2.05, 4.69) is 5.32 Å². The second-order valence-corrected chi connectivity index (χ2v) is 11.1. The molecule has 0 aliphatic heterocycles. The largest absolute Gasteiger partial charge is 0.497 e. The minimum atomic E-state index is -3.53. The average Bonchev–Trinajstić information content (AvgIpc) is 2.80. The smallest absolute Gasteiger partial charge is 0.243 e. The van der Waals surface area contributed by atoms with Crippen molar-refractivity contribution in [2.75, 3.05) is 24.2 Å². The number of carbonyl (C=O) groups is 2. The molecule has 1 atom stereocenters. The van der Waals surface area contributed by atoms with E-state index >= 15 is 0 Å². The van der Waals surface area contributed by atoms with Crippen LogP contribution in [0.15, 0.2) is 48.5 Å². The van der Waals surface area contributed by atoms with Crippen molar-refractivity contribution >= 4 is 27.5 Å². The van der Waals surface area contributed by atoms with Crippen LogP contribution in [-0.2, 0) is 26.2 Å². The number of anilines is 1. The van der Waals surface area contributed by atoms with Crippen molar-refractivity contribution in [1.29, 1.82) is 0 Å². The summed E-state index contributed by atoms with van der Waals surface area (Å²) in [5.41, 5.74) is 2.36. The van der Waals surface area contributed by atoms with Crippen molar-refractivity contribution in [1.82, 2.24) is 10.2 Å². The molecular weight excluding hydrogens is 478 g/mol. The highest BCUT2D eigenvalue weighted by Crippen LogP contribution is 2.21. The first kappa shape index (κ1) is 29.2. The van der Waals surface area contributed by atoms with E-state index in [-0.39, 0.29) is 37.4 Å². The number of methoxy groups -OCH3 is 1. The number of carbonyl (C=O) groups excluding carboxylic acids is 2. The molecule has 0 unspecified atom stereocenters. The normalized spacial score (nSPS) is 12.2. The van der Waals surface area contributed by atoms with E-state index in [1.807, 2.05) is 64.1 Å². The Bertz CT molecular complexity index is 1130. The number of nitrogens with one attached hydrogen (secondary N) is 1. The molecule has 2 rings (SSSR count). The van der Waals surface area contributed by atoms with Gasteiger partial charge in [-0.25, -0.2) is 8.42 Å². The van der Waals surface area contributed by atoms with Crippen LogP contribution in [0.25, 0.3) is 0 Å². The number of nitrogens with zero attached hydrogens (tertiary/aromatic N) is 2. The second kappa shape index (κ2) is 13.3. The summed E-state index contributed by atoms with van der Waals surface area (Å²) < 4.78 is 31.6. The molecule has 0 fully saturated rings. The molecule has 0 spiro atoms. The molecule has 0 heterocycles. The molecule has 0 aromatic heterocycles. The summed E-state index contributed by atoms with van der Waals surface area (Å²) in [6, 6.07) is 14.0. The summed E-state index contributed by atoms with van der Waals surface area (Å²) in [4.78, 5) is 28.0. The Kier molecular flexibility index (Phi) is 10.8. The molecule has 0 radical (unpaired) electrons. The maximum atomic E-state index is 13.5. The molecule has 9 heteroatoms. The molecular formula is C27H39N3O5S. The first-order valence-corrected chi connectivity index (χ1v) is 14.1. The quantitative estimate of drug-likeness (QED) is 0.435. The Labute approximate surface area is 215 Å². The van der Waals surface area contributed by atoms with Crippen molar-refractivity contribution in [2.45, 2.75) is 65.6 Å². The van der Waals surface area contributed by atoms with Gasteiger partial charge in [-0.1, -0.05) is 31.2 Å². The van der Waals surface area contributed by atoms with Gasteiger partial charge in [-0.15, -0.1) is 0 Å². The summed E-state index contributed by atoms with van der Waals surface area (Å²) in [5, 5.41) is 2.91. The molecule has 2 aromatic carbocycles. The van der Waals surface area contributed by atoms with Crippen LogP contribution >= 0.6 is 0 Å². The zero-order chi connectivity index (χ0) is 26.9. The topological polar surface area (TPSA) is 96.0 Å². The standard InChI is InChI=1S/C27H39N3O5S/c1-7-25(27(32)28-20(2)3)29(19-22-12-9-14-24(18-22)35-5)26(31)15-10-16-30(36(6,33)34)23-13-8-11-21(4)17-23/h8-9,11-14,17-18,20,25H,7,10,15-16,19H2,1-6H3,(H,28,32)/t25-/m0/s1. The highest BCUT2D eigenvalue weighted by molar-refractivity contribution is 7.92. The van der Waals surface area contributed by atoms with E-state index in [1.54, 1.807) is 24.1 Å². The van der Waals surface area contributed by atoms with Crippen LogP contribution in [-0.4, -0.2) is 57.1 Å². The highest BCUT2D eigenvalue weighted by Gasteiger charge is 2.29. The summed E-state index contributed by atoms with van der Waals surface area (Å²) in [6.45, 7) is 7.94. The monoisotopic (exact) mass is 517 g/mol. The maximum Gasteiger partial charge on any atom is 0.243 e. The Hall–Kier alpha value is -3.07. The SMILES string of the molecule is CC[C@@H](C(=O)NC(C)C)N(Cc1cccc(OC)c1)C(=O)CCCN(c1cccc(C)c1)S(C)(=O)=O. The number of benzene rings is 2. The Balaban J connectivity index is 2.24. The first-order valence-electron chi connectivity index (χ1n) is 12.2. The molecule has 0 bridgehead atoms. The molecule has 1 N–H and O–H groups in total. The van der Waals surface area contributed by atoms with Crippen LogP contribution in [0.4, 0.5) is 5.69 Å². The Morgan fingerprint density at radius 2 is 1.78 bits per heavy atom. The summed E-state index contributed by atoms with van der Waals surface area (Å²) >= 11 is 0. The van der Waals surface area contributed by atoms with Crippen molar-refractivity contribution in [3.63, 3.8) is 0 Å². The lowest BCUT2D eigenvalue weighted by molar-refractivity contribution is -0.141. The van der Waals surface area contributed by atoms with Crippen molar-refractivity contribution in [2.24, 2.45) is 0 Å². The summed E-state index contributed by atoms with van der Waals surface area (Å²) in [5.74, 6) is 0.254. The molecule has 36 heavy (non-hydrogen) atoms. The third kappa shape index (κ3) is 8.55. The summed E-state index contributed by atoms with van der Waals surface area (Å²) in [6.07, 6.45) is 2.03. The number of sulfonamides is 1. The van der Waals surface area contributed by atoms with E-state index in [1.165, 1.54) is 4.31 Å². The van der Waals surface area contributed by atoms with Crippen LogP contribution in [0.5, 0.6) is 5.75 Å². The van der Waals surface area contributed by atoms with Crippen LogP contribution in [0, 0.1) is 6.92 Å². The average molecular weight is 518 g/mol. The molecule has 8 nitrogen and oxygen atoms in total. The van der Waals surface area contributed by atoms with Gasteiger partial charge in [-0.05, 0) is 69.0 Å². The van der Waals surface area contributed by atoms with E-state index in [9.17, 15) is 18.0 Å². The summed E-state index contributed by atoms with van der Waals surface area (Å²) in [7, 11) is -1.95. The lowest BCUT2D eigenvalue weighted by atomic mass is 10.1. The first-order chi connectivity index (χ1) is 17.0. The third-order valence-electron chi connectivity index (χ3n) is 5.75. The third-order valence-corrected chi connectivity index (χ3v) is 6.94. The number of hydrogen-bond acceptors (Lipinski definition) is 5. The van der Waals surface area contributed by atoms with Gasteiger partial charge in [-0.2, -0.15) is 0 Å². The van der Waals surface area contributed by atoms with E-state index in [0.29, 0.717) is 24.3 Å². The fourth-order valence-electron chi connectivity index (χ4n) is 4.05.